The molecule has 0 radical (unpaired) electrons. The number of fused-ring (bicyclic) bond motifs is 3. The number of carbonyl (C=O) groups excluding carboxylic acids is 1. The number of aromatic nitrogens is 2. The van der Waals surface area contributed by atoms with Gasteiger partial charge in [0.2, 0.25) is 5.95 Å². The summed E-state index contributed by atoms with van der Waals surface area (Å²) in [5.74, 6) is 0.248. The number of methoxy groups -OCH3 is 1. The molecule has 2 aromatic rings. The Kier molecular flexibility index (Phi) is 2.63. The number of esters is 1. The van der Waals surface area contributed by atoms with Crippen LogP contribution in [0.5, 0.6) is 0 Å². The van der Waals surface area contributed by atoms with E-state index in [-0.39, 0.29) is 24.3 Å². The van der Waals surface area contributed by atoms with E-state index in [1.54, 1.807) is 10.6 Å². The number of para-hydroxylation sites is 2. The zero-order chi connectivity index (χ0) is 13.4. The van der Waals surface area contributed by atoms with Gasteiger partial charge in [0.15, 0.2) is 5.88 Å². The topological polar surface area (TPSA) is 76.4 Å². The summed E-state index contributed by atoms with van der Waals surface area (Å²) in [4.78, 5) is 15.7. The lowest BCUT2D eigenvalue weighted by Crippen LogP contribution is -2.27. The van der Waals surface area contributed by atoms with Crippen molar-refractivity contribution in [1.29, 1.82) is 0 Å². The Morgan fingerprint density at radius 1 is 1.53 bits per heavy atom. The molecule has 0 bridgehead atoms. The number of imidazole rings is 1. The third-order valence-corrected chi connectivity index (χ3v) is 3.07. The molecule has 1 aromatic heterocycles. The summed E-state index contributed by atoms with van der Waals surface area (Å²) in [5.41, 5.74) is 1.60. The molecule has 0 saturated carbocycles. The summed E-state index contributed by atoms with van der Waals surface area (Å²) in [7, 11) is 1.34. The molecule has 0 saturated heterocycles. The van der Waals surface area contributed by atoms with Crippen LogP contribution >= 0.6 is 0 Å². The minimum absolute atomic E-state index is 0.0661. The van der Waals surface area contributed by atoms with Crippen LogP contribution in [0.25, 0.3) is 16.9 Å². The molecule has 0 aliphatic carbocycles. The first-order valence-corrected chi connectivity index (χ1v) is 5.91. The van der Waals surface area contributed by atoms with Gasteiger partial charge >= 0.3 is 5.97 Å². The molecule has 0 fully saturated rings. The predicted octanol–water partition coefficient (Wildman–Crippen LogP) is 1.75. The zero-order valence-corrected chi connectivity index (χ0v) is 10.3. The van der Waals surface area contributed by atoms with E-state index < -0.39 is 0 Å². The van der Waals surface area contributed by atoms with Crippen LogP contribution in [0.2, 0.25) is 0 Å². The SMILES string of the molecule is COC(=O)CC1C=C(O)n2c(nc3ccccc32)N1. The second-order valence-corrected chi connectivity index (χ2v) is 4.32. The number of benzene rings is 1. The number of hydrogen-bond donors (Lipinski definition) is 2. The molecular weight excluding hydrogens is 246 g/mol. The average Bonchev–Trinajstić information content (AvgIpc) is 2.76. The number of anilines is 1. The van der Waals surface area contributed by atoms with E-state index in [9.17, 15) is 9.90 Å². The van der Waals surface area contributed by atoms with Crippen molar-refractivity contribution in [3.63, 3.8) is 0 Å². The van der Waals surface area contributed by atoms with E-state index in [2.05, 4.69) is 15.0 Å². The molecule has 1 aliphatic heterocycles. The molecule has 3 rings (SSSR count). The normalized spacial score (nSPS) is 17.5. The molecule has 98 valence electrons. The van der Waals surface area contributed by atoms with Gasteiger partial charge in [-0.1, -0.05) is 12.1 Å². The van der Waals surface area contributed by atoms with Gasteiger partial charge < -0.3 is 15.2 Å². The average molecular weight is 259 g/mol. The largest absolute Gasteiger partial charge is 0.494 e. The lowest BCUT2D eigenvalue weighted by atomic mass is 10.2. The lowest BCUT2D eigenvalue weighted by Gasteiger charge is -2.21. The molecule has 2 heterocycles. The molecule has 6 heteroatoms. The van der Waals surface area contributed by atoms with Crippen molar-refractivity contribution in [2.24, 2.45) is 0 Å². The second-order valence-electron chi connectivity index (χ2n) is 4.32. The molecule has 1 aliphatic rings. The van der Waals surface area contributed by atoms with Crippen LogP contribution < -0.4 is 5.32 Å². The van der Waals surface area contributed by atoms with Gasteiger partial charge in [0.05, 0.1) is 30.6 Å². The van der Waals surface area contributed by atoms with E-state index in [4.69, 9.17) is 0 Å². The van der Waals surface area contributed by atoms with Crippen LogP contribution in [0, 0.1) is 0 Å². The molecule has 0 spiro atoms. The Hall–Kier alpha value is -2.50. The van der Waals surface area contributed by atoms with Gasteiger partial charge in [0.25, 0.3) is 0 Å². The molecule has 0 amide bonds. The minimum atomic E-state index is -0.342. The van der Waals surface area contributed by atoms with Crippen molar-refractivity contribution in [3.8, 4) is 0 Å². The summed E-state index contributed by atoms with van der Waals surface area (Å²) in [6.07, 6.45) is 1.72. The van der Waals surface area contributed by atoms with Crippen LogP contribution in [-0.4, -0.2) is 33.8 Å². The van der Waals surface area contributed by atoms with Crippen LogP contribution in [0.4, 0.5) is 5.95 Å². The standard InChI is InChI=1S/C13H13N3O3/c1-19-12(18)7-8-6-11(17)16-10-5-3-2-4-9(10)15-13(16)14-8/h2-6,8,17H,7H2,1H3,(H,14,15). The number of hydrogen-bond acceptors (Lipinski definition) is 5. The van der Waals surface area contributed by atoms with E-state index in [0.29, 0.717) is 5.95 Å². The summed E-state index contributed by atoms with van der Waals surface area (Å²) >= 11 is 0. The Bertz CT molecular complexity index is 675. The highest BCUT2D eigenvalue weighted by Gasteiger charge is 2.23. The first-order chi connectivity index (χ1) is 9.19. The monoisotopic (exact) mass is 259 g/mol. The third-order valence-electron chi connectivity index (χ3n) is 3.07. The maximum absolute atomic E-state index is 11.3. The Balaban J connectivity index is 2.00. The van der Waals surface area contributed by atoms with Crippen LogP contribution in [-0.2, 0) is 9.53 Å². The van der Waals surface area contributed by atoms with E-state index in [1.165, 1.54) is 7.11 Å². The molecular formula is C13H13N3O3. The van der Waals surface area contributed by atoms with Crippen molar-refractivity contribution in [2.45, 2.75) is 12.5 Å². The molecule has 6 nitrogen and oxygen atoms in total. The fourth-order valence-corrected chi connectivity index (χ4v) is 2.19. The highest BCUT2D eigenvalue weighted by atomic mass is 16.5. The van der Waals surface area contributed by atoms with Gasteiger partial charge in [-0.2, -0.15) is 0 Å². The number of rotatable bonds is 2. The van der Waals surface area contributed by atoms with Gasteiger partial charge in [-0.25, -0.2) is 9.55 Å². The molecule has 2 N–H and O–H groups in total. The summed E-state index contributed by atoms with van der Waals surface area (Å²) in [6.45, 7) is 0. The van der Waals surface area contributed by atoms with Gasteiger partial charge in [-0.15, -0.1) is 0 Å². The van der Waals surface area contributed by atoms with Crippen LogP contribution in [0.15, 0.2) is 30.3 Å². The zero-order valence-electron chi connectivity index (χ0n) is 10.3. The predicted molar refractivity (Wildman–Crippen MR) is 70.7 cm³/mol. The Labute approximate surface area is 109 Å². The highest BCUT2D eigenvalue weighted by Crippen LogP contribution is 2.27. The number of aliphatic hydroxyl groups is 1. The lowest BCUT2D eigenvalue weighted by molar-refractivity contribution is -0.140. The van der Waals surface area contributed by atoms with Crippen molar-refractivity contribution in [1.82, 2.24) is 9.55 Å². The Morgan fingerprint density at radius 2 is 2.32 bits per heavy atom. The molecule has 1 atom stereocenters. The maximum atomic E-state index is 11.3. The number of ether oxygens (including phenoxy) is 1. The molecule has 1 unspecified atom stereocenters. The van der Waals surface area contributed by atoms with E-state index >= 15 is 0 Å². The van der Waals surface area contributed by atoms with Crippen molar-refractivity contribution in [3.05, 3.63) is 30.3 Å². The minimum Gasteiger partial charge on any atom is -0.494 e. The van der Waals surface area contributed by atoms with Gasteiger partial charge in [-0.3, -0.25) is 4.79 Å². The van der Waals surface area contributed by atoms with Crippen LogP contribution in [0.3, 0.4) is 0 Å². The van der Waals surface area contributed by atoms with Crippen LogP contribution in [0.1, 0.15) is 6.42 Å². The number of carbonyl (C=O) groups is 1. The fraction of sp³-hybridized carbons (Fsp3) is 0.231. The van der Waals surface area contributed by atoms with Crippen molar-refractivity contribution in [2.75, 3.05) is 12.4 Å². The third kappa shape index (κ3) is 1.91. The fourth-order valence-electron chi connectivity index (χ4n) is 2.19. The number of nitrogens with one attached hydrogen (secondary N) is 1. The second kappa shape index (κ2) is 4.31. The van der Waals surface area contributed by atoms with Gasteiger partial charge in [-0.05, 0) is 18.2 Å². The van der Waals surface area contributed by atoms with E-state index in [0.717, 1.165) is 11.0 Å². The Morgan fingerprint density at radius 3 is 3.11 bits per heavy atom. The van der Waals surface area contributed by atoms with E-state index in [1.807, 2.05) is 24.3 Å². The smallest absolute Gasteiger partial charge is 0.307 e. The molecule has 1 aromatic carbocycles. The highest BCUT2D eigenvalue weighted by molar-refractivity contribution is 5.83. The van der Waals surface area contributed by atoms with Crippen molar-refractivity contribution < 1.29 is 14.6 Å². The molecule has 19 heavy (non-hydrogen) atoms. The summed E-state index contributed by atoms with van der Waals surface area (Å²) in [5, 5.41) is 13.2. The quantitative estimate of drug-likeness (QED) is 0.803. The maximum Gasteiger partial charge on any atom is 0.307 e. The summed E-state index contributed by atoms with van der Waals surface area (Å²) in [6, 6.07) is 7.18. The van der Waals surface area contributed by atoms with Crippen molar-refractivity contribution >= 4 is 28.8 Å². The number of nitrogens with zero attached hydrogens (tertiary/aromatic N) is 2. The van der Waals surface area contributed by atoms with Gasteiger partial charge in [0.1, 0.15) is 0 Å². The number of aliphatic hydroxyl groups excluding tert-OH is 1. The van der Waals surface area contributed by atoms with Gasteiger partial charge in [0, 0.05) is 0 Å². The first kappa shape index (κ1) is 11.6. The summed E-state index contributed by atoms with van der Waals surface area (Å²) < 4.78 is 6.23. The first-order valence-electron chi connectivity index (χ1n) is 5.91.